The zero-order chi connectivity index (χ0) is 13.4. The highest BCUT2D eigenvalue weighted by atomic mass is 16.1. The second-order valence-electron chi connectivity index (χ2n) is 4.93. The average molecular weight is 250 g/mol. The minimum Gasteiger partial charge on any atom is -0.326 e. The van der Waals surface area contributed by atoms with E-state index in [0.29, 0.717) is 12.1 Å². The van der Waals surface area contributed by atoms with Gasteiger partial charge in [-0.2, -0.15) is 0 Å². The number of hydrogen-bond donors (Lipinski definition) is 1. The van der Waals surface area contributed by atoms with Gasteiger partial charge in [-0.3, -0.25) is 4.79 Å². The number of aromatic nitrogens is 1. The molecule has 0 aliphatic carbocycles. The van der Waals surface area contributed by atoms with E-state index in [-0.39, 0.29) is 5.56 Å². The molecule has 102 valence electrons. The fourth-order valence-corrected chi connectivity index (χ4v) is 2.20. The summed E-state index contributed by atoms with van der Waals surface area (Å²) in [4.78, 5) is 12.1. The summed E-state index contributed by atoms with van der Waals surface area (Å²) in [7, 11) is 0. The topological polar surface area (TPSA) is 48.0 Å². The number of nitrogens with two attached hydrogens (primary N) is 1. The molecular formula is C15H26N2O. The van der Waals surface area contributed by atoms with Crippen LogP contribution in [0.15, 0.2) is 16.9 Å². The van der Waals surface area contributed by atoms with Gasteiger partial charge in [-0.15, -0.1) is 0 Å². The van der Waals surface area contributed by atoms with Crippen LogP contribution in [0.3, 0.4) is 0 Å². The lowest BCUT2D eigenvalue weighted by atomic mass is 10.1. The fraction of sp³-hybridized carbons (Fsp3) is 0.667. The van der Waals surface area contributed by atoms with Gasteiger partial charge >= 0.3 is 0 Å². The molecule has 1 heterocycles. The molecule has 1 rings (SSSR count). The predicted molar refractivity (Wildman–Crippen MR) is 76.7 cm³/mol. The van der Waals surface area contributed by atoms with E-state index < -0.39 is 0 Å². The second kappa shape index (κ2) is 8.09. The standard InChI is InChI=1S/C15H26N2O/c1-3-4-5-6-7-8-11-17-13(2)9-10-14(12-16)15(17)18/h9-10H,3-8,11-12,16H2,1-2H3. The van der Waals surface area contributed by atoms with Crippen LogP contribution in [0.5, 0.6) is 0 Å². The van der Waals surface area contributed by atoms with Crippen molar-refractivity contribution in [1.29, 1.82) is 0 Å². The van der Waals surface area contributed by atoms with Crippen molar-refractivity contribution in [1.82, 2.24) is 4.57 Å². The quantitative estimate of drug-likeness (QED) is 0.721. The summed E-state index contributed by atoms with van der Waals surface area (Å²) in [5, 5.41) is 0. The predicted octanol–water partition coefficient (Wildman–Crippen LogP) is 2.98. The molecular weight excluding hydrogens is 224 g/mol. The summed E-state index contributed by atoms with van der Waals surface area (Å²) in [5.74, 6) is 0. The molecule has 0 aliphatic rings. The SMILES string of the molecule is CCCCCCCCn1c(C)ccc(CN)c1=O. The largest absolute Gasteiger partial charge is 0.326 e. The highest BCUT2D eigenvalue weighted by Crippen LogP contribution is 2.07. The lowest BCUT2D eigenvalue weighted by molar-refractivity contribution is 0.540. The summed E-state index contributed by atoms with van der Waals surface area (Å²) < 4.78 is 1.86. The molecule has 0 saturated carbocycles. The molecule has 0 unspecified atom stereocenters. The molecule has 0 spiro atoms. The third-order valence-corrected chi connectivity index (χ3v) is 3.43. The highest BCUT2D eigenvalue weighted by molar-refractivity contribution is 5.15. The highest BCUT2D eigenvalue weighted by Gasteiger charge is 2.04. The minimum absolute atomic E-state index is 0.0889. The van der Waals surface area contributed by atoms with Crippen LogP contribution in [-0.2, 0) is 13.1 Å². The van der Waals surface area contributed by atoms with Gasteiger partial charge in [0.25, 0.3) is 5.56 Å². The van der Waals surface area contributed by atoms with E-state index in [2.05, 4.69) is 6.92 Å². The van der Waals surface area contributed by atoms with Gasteiger partial charge in [0.15, 0.2) is 0 Å². The van der Waals surface area contributed by atoms with Crippen LogP contribution >= 0.6 is 0 Å². The molecule has 0 atom stereocenters. The molecule has 1 aromatic heterocycles. The van der Waals surface area contributed by atoms with Gasteiger partial charge in [-0.1, -0.05) is 45.1 Å². The third-order valence-electron chi connectivity index (χ3n) is 3.43. The number of pyridine rings is 1. The second-order valence-corrected chi connectivity index (χ2v) is 4.93. The zero-order valence-electron chi connectivity index (χ0n) is 11.7. The van der Waals surface area contributed by atoms with E-state index in [1.807, 2.05) is 23.6 Å². The molecule has 1 aromatic rings. The summed E-state index contributed by atoms with van der Waals surface area (Å²) in [6.45, 7) is 5.36. The Labute approximate surface area is 110 Å². The number of hydrogen-bond acceptors (Lipinski definition) is 2. The first-order valence-electron chi connectivity index (χ1n) is 7.10. The van der Waals surface area contributed by atoms with Crippen LogP contribution in [0.25, 0.3) is 0 Å². The number of nitrogens with zero attached hydrogens (tertiary/aromatic N) is 1. The van der Waals surface area contributed by atoms with E-state index in [1.165, 1.54) is 32.1 Å². The first kappa shape index (κ1) is 15.0. The van der Waals surface area contributed by atoms with Crippen LogP contribution in [0.1, 0.15) is 56.7 Å². The van der Waals surface area contributed by atoms with Crippen molar-refractivity contribution < 1.29 is 0 Å². The number of rotatable bonds is 8. The smallest absolute Gasteiger partial charge is 0.255 e. The van der Waals surface area contributed by atoms with Gasteiger partial charge in [-0.25, -0.2) is 0 Å². The third kappa shape index (κ3) is 4.30. The van der Waals surface area contributed by atoms with Crippen molar-refractivity contribution >= 4 is 0 Å². The summed E-state index contributed by atoms with van der Waals surface area (Å²) in [6.07, 6.45) is 7.47. The van der Waals surface area contributed by atoms with Crippen molar-refractivity contribution in [3.05, 3.63) is 33.7 Å². The van der Waals surface area contributed by atoms with Crippen molar-refractivity contribution in [2.45, 2.75) is 65.5 Å². The Morgan fingerprint density at radius 3 is 2.44 bits per heavy atom. The van der Waals surface area contributed by atoms with Gasteiger partial charge in [0.2, 0.25) is 0 Å². The summed E-state index contributed by atoms with van der Waals surface area (Å²) >= 11 is 0. The van der Waals surface area contributed by atoms with Crippen molar-refractivity contribution in [3.8, 4) is 0 Å². The Morgan fingerprint density at radius 1 is 1.11 bits per heavy atom. The maximum atomic E-state index is 12.1. The van der Waals surface area contributed by atoms with Gasteiger partial charge in [-0.05, 0) is 19.4 Å². The molecule has 0 saturated heterocycles. The lowest BCUT2D eigenvalue weighted by Crippen LogP contribution is -2.26. The Balaban J connectivity index is 2.49. The first-order chi connectivity index (χ1) is 8.70. The van der Waals surface area contributed by atoms with Crippen molar-refractivity contribution in [2.75, 3.05) is 0 Å². The molecule has 2 N–H and O–H groups in total. The normalized spacial score (nSPS) is 10.8. The number of aryl methyl sites for hydroxylation is 1. The molecule has 0 radical (unpaired) electrons. The Morgan fingerprint density at radius 2 is 1.78 bits per heavy atom. The van der Waals surface area contributed by atoms with Crippen molar-refractivity contribution in [3.63, 3.8) is 0 Å². The Bertz CT molecular complexity index is 409. The average Bonchev–Trinajstić information content (AvgIpc) is 2.37. The maximum Gasteiger partial charge on any atom is 0.255 e. The van der Waals surface area contributed by atoms with E-state index in [1.54, 1.807) is 0 Å². The van der Waals surface area contributed by atoms with Crippen molar-refractivity contribution in [2.24, 2.45) is 5.73 Å². The molecule has 0 amide bonds. The molecule has 0 bridgehead atoms. The fourth-order valence-electron chi connectivity index (χ4n) is 2.20. The molecule has 3 heteroatoms. The maximum absolute atomic E-state index is 12.1. The summed E-state index contributed by atoms with van der Waals surface area (Å²) in [5.41, 5.74) is 7.40. The van der Waals surface area contributed by atoms with Gasteiger partial charge in [0, 0.05) is 24.3 Å². The lowest BCUT2D eigenvalue weighted by Gasteiger charge is -2.11. The number of unbranched alkanes of at least 4 members (excludes halogenated alkanes) is 5. The van der Waals surface area contributed by atoms with Crippen LogP contribution in [-0.4, -0.2) is 4.57 Å². The molecule has 0 aliphatic heterocycles. The minimum atomic E-state index is 0.0889. The summed E-state index contributed by atoms with van der Waals surface area (Å²) in [6, 6.07) is 3.83. The Kier molecular flexibility index (Phi) is 6.73. The molecule has 0 aromatic carbocycles. The van der Waals surface area contributed by atoms with E-state index in [4.69, 9.17) is 5.73 Å². The monoisotopic (exact) mass is 250 g/mol. The van der Waals surface area contributed by atoms with E-state index in [0.717, 1.165) is 18.7 Å². The van der Waals surface area contributed by atoms with Crippen LogP contribution in [0.4, 0.5) is 0 Å². The first-order valence-corrected chi connectivity index (χ1v) is 7.10. The van der Waals surface area contributed by atoms with Gasteiger partial charge in [0.05, 0.1) is 0 Å². The van der Waals surface area contributed by atoms with Gasteiger partial charge in [0.1, 0.15) is 0 Å². The van der Waals surface area contributed by atoms with E-state index >= 15 is 0 Å². The van der Waals surface area contributed by atoms with Gasteiger partial charge < -0.3 is 10.3 Å². The zero-order valence-corrected chi connectivity index (χ0v) is 11.7. The molecule has 0 fully saturated rings. The van der Waals surface area contributed by atoms with Crippen LogP contribution in [0, 0.1) is 6.92 Å². The Hall–Kier alpha value is -1.09. The van der Waals surface area contributed by atoms with Crippen LogP contribution < -0.4 is 11.3 Å². The molecule has 18 heavy (non-hydrogen) atoms. The van der Waals surface area contributed by atoms with E-state index in [9.17, 15) is 4.79 Å². The molecule has 3 nitrogen and oxygen atoms in total. The van der Waals surface area contributed by atoms with Crippen LogP contribution in [0.2, 0.25) is 0 Å².